The van der Waals surface area contributed by atoms with Crippen LogP contribution in [0.2, 0.25) is 0 Å². The van der Waals surface area contributed by atoms with E-state index in [0.29, 0.717) is 12.0 Å². The van der Waals surface area contributed by atoms with Gasteiger partial charge in [-0.2, -0.15) is 0 Å². The minimum Gasteiger partial charge on any atom is -0.370 e. The smallest absolute Gasteiger partial charge is 0.137 e. The lowest BCUT2D eigenvalue weighted by atomic mass is 10.0. The van der Waals surface area contributed by atoms with Crippen molar-refractivity contribution in [2.24, 2.45) is 5.92 Å². The summed E-state index contributed by atoms with van der Waals surface area (Å²) in [5.41, 5.74) is 1.24. The molecule has 1 atom stereocenters. The zero-order valence-corrected chi connectivity index (χ0v) is 13.2. The summed E-state index contributed by atoms with van der Waals surface area (Å²) in [6, 6.07) is 0.458. The van der Waals surface area contributed by atoms with Gasteiger partial charge in [0.1, 0.15) is 18.0 Å². The average molecular weight is 264 g/mol. The number of nitrogens with zero attached hydrogens (tertiary/aromatic N) is 3. The second-order valence-electron chi connectivity index (χ2n) is 5.40. The third-order valence-electron chi connectivity index (χ3n) is 3.68. The summed E-state index contributed by atoms with van der Waals surface area (Å²) in [5.74, 6) is 2.64. The number of nitrogens with one attached hydrogen (secondary N) is 1. The maximum atomic E-state index is 4.52. The van der Waals surface area contributed by atoms with Crippen LogP contribution in [0.3, 0.4) is 0 Å². The van der Waals surface area contributed by atoms with Crippen LogP contribution in [0.4, 0.5) is 11.6 Å². The molecule has 1 aromatic heterocycles. The first kappa shape index (κ1) is 15.7. The van der Waals surface area contributed by atoms with Gasteiger partial charge in [0.05, 0.1) is 0 Å². The van der Waals surface area contributed by atoms with Crippen molar-refractivity contribution in [1.82, 2.24) is 9.97 Å². The zero-order chi connectivity index (χ0) is 14.4. The molecule has 1 heterocycles. The Bertz CT molecular complexity index is 390. The third kappa shape index (κ3) is 3.82. The van der Waals surface area contributed by atoms with E-state index in [1.165, 1.54) is 5.56 Å². The van der Waals surface area contributed by atoms with Crippen LogP contribution in [0.25, 0.3) is 0 Å². The number of hydrogen-bond donors (Lipinski definition) is 1. The van der Waals surface area contributed by atoms with Crippen LogP contribution >= 0.6 is 0 Å². The summed E-state index contributed by atoms with van der Waals surface area (Å²) in [7, 11) is 2.13. The van der Waals surface area contributed by atoms with Crippen molar-refractivity contribution < 1.29 is 0 Å². The van der Waals surface area contributed by atoms with E-state index >= 15 is 0 Å². The van der Waals surface area contributed by atoms with Crippen LogP contribution < -0.4 is 10.2 Å². The van der Waals surface area contributed by atoms with Gasteiger partial charge in [-0.15, -0.1) is 0 Å². The lowest BCUT2D eigenvalue weighted by Crippen LogP contribution is -2.34. The lowest BCUT2D eigenvalue weighted by molar-refractivity contribution is 0.501. The molecule has 0 aliphatic rings. The largest absolute Gasteiger partial charge is 0.370 e. The number of hydrogen-bond acceptors (Lipinski definition) is 4. The Morgan fingerprint density at radius 2 is 1.89 bits per heavy atom. The Morgan fingerprint density at radius 3 is 2.42 bits per heavy atom. The highest BCUT2D eigenvalue weighted by Crippen LogP contribution is 2.26. The monoisotopic (exact) mass is 264 g/mol. The van der Waals surface area contributed by atoms with Crippen LogP contribution in [0.1, 0.15) is 46.6 Å². The second kappa shape index (κ2) is 7.31. The van der Waals surface area contributed by atoms with Crippen molar-refractivity contribution in [2.45, 2.75) is 53.5 Å². The van der Waals surface area contributed by atoms with Gasteiger partial charge in [-0.1, -0.05) is 27.2 Å². The van der Waals surface area contributed by atoms with Crippen LogP contribution in [0.15, 0.2) is 6.33 Å². The molecule has 108 valence electrons. The first-order valence-corrected chi connectivity index (χ1v) is 7.33. The fourth-order valence-electron chi connectivity index (χ4n) is 2.15. The molecule has 1 rings (SSSR count). The predicted octanol–water partition coefficient (Wildman–Crippen LogP) is 3.34. The first-order valence-electron chi connectivity index (χ1n) is 7.33. The van der Waals surface area contributed by atoms with Gasteiger partial charge in [-0.05, 0) is 26.2 Å². The van der Waals surface area contributed by atoms with Gasteiger partial charge in [0.15, 0.2) is 0 Å². The van der Waals surface area contributed by atoms with E-state index in [9.17, 15) is 0 Å². The molecule has 0 spiro atoms. The molecule has 0 radical (unpaired) electrons. The average Bonchev–Trinajstić information content (AvgIpc) is 2.39. The van der Waals surface area contributed by atoms with E-state index in [4.69, 9.17) is 0 Å². The van der Waals surface area contributed by atoms with Crippen LogP contribution in [-0.2, 0) is 6.42 Å². The molecule has 0 saturated carbocycles. The van der Waals surface area contributed by atoms with E-state index in [2.05, 4.69) is 61.9 Å². The second-order valence-corrected chi connectivity index (χ2v) is 5.40. The lowest BCUT2D eigenvalue weighted by Gasteiger charge is -2.31. The van der Waals surface area contributed by atoms with Gasteiger partial charge in [-0.25, -0.2) is 9.97 Å². The molecule has 0 amide bonds. The summed E-state index contributed by atoms with van der Waals surface area (Å²) >= 11 is 0. The van der Waals surface area contributed by atoms with Gasteiger partial charge >= 0.3 is 0 Å². The summed E-state index contributed by atoms with van der Waals surface area (Å²) in [4.78, 5) is 11.2. The van der Waals surface area contributed by atoms with Gasteiger partial charge in [0, 0.05) is 25.2 Å². The maximum Gasteiger partial charge on any atom is 0.137 e. The summed E-state index contributed by atoms with van der Waals surface area (Å²) in [6.07, 6.45) is 3.77. The van der Waals surface area contributed by atoms with Crippen molar-refractivity contribution in [3.05, 3.63) is 11.9 Å². The Labute approximate surface area is 117 Å². The molecule has 19 heavy (non-hydrogen) atoms. The fourth-order valence-corrected chi connectivity index (χ4v) is 2.15. The van der Waals surface area contributed by atoms with Crippen molar-refractivity contribution in [2.75, 3.05) is 23.8 Å². The Hall–Kier alpha value is -1.32. The van der Waals surface area contributed by atoms with Crippen LogP contribution in [0, 0.1) is 5.92 Å². The minimum absolute atomic E-state index is 0.458. The minimum atomic E-state index is 0.458. The van der Waals surface area contributed by atoms with E-state index in [0.717, 1.165) is 31.0 Å². The molecule has 0 aliphatic heterocycles. The first-order chi connectivity index (χ1) is 9.02. The highest BCUT2D eigenvalue weighted by molar-refractivity contribution is 5.59. The molecule has 0 fully saturated rings. The third-order valence-corrected chi connectivity index (χ3v) is 3.68. The van der Waals surface area contributed by atoms with Crippen LogP contribution in [-0.4, -0.2) is 29.6 Å². The summed E-state index contributed by atoms with van der Waals surface area (Å²) < 4.78 is 0. The molecule has 0 aromatic carbocycles. The van der Waals surface area contributed by atoms with Gasteiger partial charge < -0.3 is 10.2 Å². The Kier molecular flexibility index (Phi) is 6.06. The standard InChI is InChI=1S/C15H28N4/c1-7-9-13-14(16-8-2)17-10-18-15(13)19(6)12(5)11(3)4/h10-12H,7-9H2,1-6H3,(H,16,17,18). The van der Waals surface area contributed by atoms with Gasteiger partial charge in [-0.3, -0.25) is 0 Å². The van der Waals surface area contributed by atoms with E-state index < -0.39 is 0 Å². The molecule has 4 nitrogen and oxygen atoms in total. The molecular weight excluding hydrogens is 236 g/mol. The SMILES string of the molecule is CCCc1c(NCC)ncnc1N(C)C(C)C(C)C. The highest BCUT2D eigenvalue weighted by Gasteiger charge is 2.19. The molecule has 0 aliphatic carbocycles. The molecule has 1 N–H and O–H groups in total. The van der Waals surface area contributed by atoms with Crippen molar-refractivity contribution in [1.29, 1.82) is 0 Å². The number of rotatable bonds is 7. The van der Waals surface area contributed by atoms with E-state index in [-0.39, 0.29) is 0 Å². The summed E-state index contributed by atoms with van der Waals surface area (Å²) in [6.45, 7) is 11.9. The maximum absolute atomic E-state index is 4.52. The topological polar surface area (TPSA) is 41.1 Å². The molecule has 0 saturated heterocycles. The summed E-state index contributed by atoms with van der Waals surface area (Å²) in [5, 5.41) is 3.35. The molecular formula is C15H28N4. The molecule has 0 bridgehead atoms. The zero-order valence-electron chi connectivity index (χ0n) is 13.2. The number of anilines is 2. The molecule has 1 unspecified atom stereocenters. The fraction of sp³-hybridized carbons (Fsp3) is 0.733. The number of aromatic nitrogens is 2. The van der Waals surface area contributed by atoms with Crippen molar-refractivity contribution in [3.8, 4) is 0 Å². The highest BCUT2D eigenvalue weighted by atomic mass is 15.2. The molecule has 4 heteroatoms. The Balaban J connectivity index is 3.14. The van der Waals surface area contributed by atoms with E-state index in [1.807, 2.05) is 0 Å². The van der Waals surface area contributed by atoms with Crippen molar-refractivity contribution >= 4 is 11.6 Å². The van der Waals surface area contributed by atoms with Gasteiger partial charge in [0.2, 0.25) is 0 Å². The Morgan fingerprint density at radius 1 is 1.21 bits per heavy atom. The normalized spacial score (nSPS) is 12.6. The quantitative estimate of drug-likeness (QED) is 0.820. The van der Waals surface area contributed by atoms with Crippen molar-refractivity contribution in [3.63, 3.8) is 0 Å². The molecule has 1 aromatic rings. The van der Waals surface area contributed by atoms with Crippen LogP contribution in [0.5, 0.6) is 0 Å². The van der Waals surface area contributed by atoms with Gasteiger partial charge in [0.25, 0.3) is 0 Å². The van der Waals surface area contributed by atoms with E-state index in [1.54, 1.807) is 6.33 Å². The predicted molar refractivity (Wildman–Crippen MR) is 82.9 cm³/mol.